The van der Waals surface area contributed by atoms with E-state index in [1.165, 1.54) is 6.33 Å². The van der Waals surface area contributed by atoms with Crippen molar-refractivity contribution >= 4 is 5.97 Å². The fourth-order valence-electron chi connectivity index (χ4n) is 2.58. The lowest BCUT2D eigenvalue weighted by Gasteiger charge is -2.17. The number of aromatic nitrogens is 5. The summed E-state index contributed by atoms with van der Waals surface area (Å²) < 4.78 is 5.40. The third kappa shape index (κ3) is 4.31. The molecule has 26 heavy (non-hydrogen) atoms. The predicted octanol–water partition coefficient (Wildman–Crippen LogP) is 2.43. The average Bonchev–Trinajstić information content (AvgIpc) is 3.29. The Bertz CT molecular complexity index is 859. The van der Waals surface area contributed by atoms with Crippen molar-refractivity contribution in [1.29, 1.82) is 0 Å². The fourth-order valence-corrected chi connectivity index (χ4v) is 2.58. The Morgan fingerprint density at radius 1 is 1.38 bits per heavy atom. The highest BCUT2D eigenvalue weighted by molar-refractivity contribution is 5.87. The molecule has 2 heterocycles. The second-order valence-electron chi connectivity index (χ2n) is 6.36. The quantitative estimate of drug-likeness (QED) is 0.561. The number of rotatable bonds is 8. The van der Waals surface area contributed by atoms with E-state index in [9.17, 15) is 4.79 Å². The number of hydrogen-bond donors (Lipinski definition) is 3. The number of H-pyrrole nitrogens is 1. The van der Waals surface area contributed by atoms with Crippen molar-refractivity contribution in [3.63, 3.8) is 0 Å². The Hall–Kier alpha value is -3.07. The minimum Gasteiger partial charge on any atom is -0.478 e. The summed E-state index contributed by atoms with van der Waals surface area (Å²) in [5.74, 6) is 0.704. The molecule has 9 nitrogen and oxygen atoms in total. The summed E-state index contributed by atoms with van der Waals surface area (Å²) >= 11 is 0. The zero-order valence-corrected chi connectivity index (χ0v) is 14.5. The highest BCUT2D eigenvalue weighted by atomic mass is 16.5. The first-order valence-corrected chi connectivity index (χ1v) is 8.28. The fraction of sp³-hybridized carbons (Fsp3) is 0.353. The SMILES string of the molecule is CC(C)CC(NCc1cccc(C(=O)O)c1)c1nc(-c2ncn[nH]2)no1. The molecule has 0 bridgehead atoms. The van der Waals surface area contributed by atoms with Gasteiger partial charge in [-0.15, -0.1) is 0 Å². The van der Waals surface area contributed by atoms with E-state index >= 15 is 0 Å². The van der Waals surface area contributed by atoms with Gasteiger partial charge >= 0.3 is 5.97 Å². The number of aromatic carboxylic acids is 1. The Balaban J connectivity index is 1.74. The lowest BCUT2D eigenvalue weighted by molar-refractivity contribution is 0.0696. The molecule has 3 aromatic rings. The number of nitrogens with one attached hydrogen (secondary N) is 2. The smallest absolute Gasteiger partial charge is 0.335 e. The van der Waals surface area contributed by atoms with Crippen LogP contribution in [0.3, 0.4) is 0 Å². The van der Waals surface area contributed by atoms with Gasteiger partial charge in [0.15, 0.2) is 5.82 Å². The van der Waals surface area contributed by atoms with Crippen LogP contribution in [0.2, 0.25) is 0 Å². The van der Waals surface area contributed by atoms with Gasteiger partial charge in [0, 0.05) is 6.54 Å². The Morgan fingerprint density at radius 3 is 2.92 bits per heavy atom. The largest absolute Gasteiger partial charge is 0.478 e. The van der Waals surface area contributed by atoms with Gasteiger partial charge in [0.25, 0.3) is 0 Å². The molecule has 1 atom stereocenters. The lowest BCUT2D eigenvalue weighted by Crippen LogP contribution is -2.23. The van der Waals surface area contributed by atoms with Gasteiger partial charge in [-0.2, -0.15) is 10.1 Å². The molecule has 0 aliphatic carbocycles. The van der Waals surface area contributed by atoms with Gasteiger partial charge in [0.05, 0.1) is 11.6 Å². The maximum Gasteiger partial charge on any atom is 0.335 e. The second kappa shape index (κ2) is 7.87. The number of nitrogens with zero attached hydrogens (tertiary/aromatic N) is 4. The van der Waals surface area contributed by atoms with Crippen molar-refractivity contribution in [2.24, 2.45) is 5.92 Å². The van der Waals surface area contributed by atoms with Gasteiger partial charge < -0.3 is 14.9 Å². The number of benzene rings is 1. The first-order chi connectivity index (χ1) is 12.5. The van der Waals surface area contributed by atoms with E-state index in [0.29, 0.717) is 30.0 Å². The minimum atomic E-state index is -0.945. The van der Waals surface area contributed by atoms with Gasteiger partial charge in [-0.25, -0.2) is 9.78 Å². The summed E-state index contributed by atoms with van der Waals surface area (Å²) in [5, 5.41) is 22.9. The van der Waals surface area contributed by atoms with Crippen LogP contribution in [0.4, 0.5) is 0 Å². The molecule has 9 heteroatoms. The van der Waals surface area contributed by atoms with Crippen LogP contribution in [0.5, 0.6) is 0 Å². The standard InChI is InChI=1S/C17H20N6O3/c1-10(2)6-13(16-21-15(23-26-16)14-19-9-20-22-14)18-8-11-4-3-5-12(7-11)17(24)25/h3-5,7,9-10,13,18H,6,8H2,1-2H3,(H,24,25)(H,19,20,22). The van der Waals surface area contributed by atoms with Crippen LogP contribution in [0.1, 0.15) is 48.1 Å². The van der Waals surface area contributed by atoms with Crippen LogP contribution in [0.15, 0.2) is 35.1 Å². The van der Waals surface area contributed by atoms with Crippen molar-refractivity contribution in [3.05, 3.63) is 47.6 Å². The molecular weight excluding hydrogens is 336 g/mol. The van der Waals surface area contributed by atoms with E-state index in [1.807, 2.05) is 6.07 Å². The topological polar surface area (TPSA) is 130 Å². The first kappa shape index (κ1) is 17.7. The number of carbonyl (C=O) groups is 1. The number of hydrogen-bond acceptors (Lipinski definition) is 7. The van der Waals surface area contributed by atoms with E-state index in [4.69, 9.17) is 9.63 Å². The number of carboxylic acid groups (broad SMARTS) is 1. The molecule has 0 spiro atoms. The lowest BCUT2D eigenvalue weighted by atomic mass is 10.0. The predicted molar refractivity (Wildman–Crippen MR) is 92.1 cm³/mol. The monoisotopic (exact) mass is 356 g/mol. The summed E-state index contributed by atoms with van der Waals surface area (Å²) in [5.41, 5.74) is 1.13. The van der Waals surface area contributed by atoms with Crippen molar-refractivity contribution in [2.45, 2.75) is 32.9 Å². The summed E-state index contributed by atoms with van der Waals surface area (Å²) in [6.07, 6.45) is 2.17. The van der Waals surface area contributed by atoms with Crippen LogP contribution in [-0.4, -0.2) is 36.4 Å². The van der Waals surface area contributed by atoms with Crippen molar-refractivity contribution in [2.75, 3.05) is 0 Å². The van der Waals surface area contributed by atoms with Gasteiger partial charge in [-0.1, -0.05) is 31.1 Å². The normalized spacial score (nSPS) is 12.4. The zero-order chi connectivity index (χ0) is 18.5. The summed E-state index contributed by atoms with van der Waals surface area (Å²) in [6, 6.07) is 6.66. The van der Waals surface area contributed by atoms with Crippen LogP contribution >= 0.6 is 0 Å². The molecule has 0 saturated heterocycles. The molecule has 0 saturated carbocycles. The maximum atomic E-state index is 11.1. The van der Waals surface area contributed by atoms with Gasteiger partial charge in [0.2, 0.25) is 11.7 Å². The molecule has 136 valence electrons. The van der Waals surface area contributed by atoms with Crippen molar-refractivity contribution in [1.82, 2.24) is 30.6 Å². The third-order valence-electron chi connectivity index (χ3n) is 3.80. The number of aromatic amines is 1. The van der Waals surface area contributed by atoms with E-state index in [1.54, 1.807) is 18.2 Å². The van der Waals surface area contributed by atoms with Crippen LogP contribution in [-0.2, 0) is 6.54 Å². The number of carboxylic acids is 1. The van der Waals surface area contributed by atoms with Gasteiger partial charge in [-0.3, -0.25) is 5.10 Å². The zero-order valence-electron chi connectivity index (χ0n) is 14.5. The Labute approximate surface area is 149 Å². The molecule has 3 N–H and O–H groups in total. The molecule has 0 radical (unpaired) electrons. The molecule has 0 aliphatic heterocycles. The molecule has 2 aromatic heterocycles. The second-order valence-corrected chi connectivity index (χ2v) is 6.36. The first-order valence-electron chi connectivity index (χ1n) is 8.28. The maximum absolute atomic E-state index is 11.1. The minimum absolute atomic E-state index is 0.160. The van der Waals surface area contributed by atoms with Crippen LogP contribution in [0, 0.1) is 5.92 Å². The van der Waals surface area contributed by atoms with Crippen LogP contribution in [0.25, 0.3) is 11.6 Å². The molecular formula is C17H20N6O3. The Morgan fingerprint density at radius 2 is 2.23 bits per heavy atom. The molecule has 0 fully saturated rings. The molecule has 1 aromatic carbocycles. The van der Waals surface area contributed by atoms with Crippen molar-refractivity contribution in [3.8, 4) is 11.6 Å². The summed E-state index contributed by atoms with van der Waals surface area (Å²) in [7, 11) is 0. The highest BCUT2D eigenvalue weighted by Crippen LogP contribution is 2.22. The highest BCUT2D eigenvalue weighted by Gasteiger charge is 2.21. The summed E-state index contributed by atoms with van der Waals surface area (Å²) in [6.45, 7) is 4.69. The van der Waals surface area contributed by atoms with E-state index in [0.717, 1.165) is 12.0 Å². The van der Waals surface area contributed by atoms with E-state index in [2.05, 4.69) is 44.5 Å². The van der Waals surface area contributed by atoms with E-state index < -0.39 is 5.97 Å². The molecule has 1 unspecified atom stereocenters. The average molecular weight is 356 g/mol. The Kier molecular flexibility index (Phi) is 5.37. The van der Waals surface area contributed by atoms with Crippen LogP contribution < -0.4 is 5.32 Å². The van der Waals surface area contributed by atoms with Crippen molar-refractivity contribution < 1.29 is 14.4 Å². The van der Waals surface area contributed by atoms with Gasteiger partial charge in [0.1, 0.15) is 6.33 Å². The third-order valence-corrected chi connectivity index (χ3v) is 3.80. The molecule has 3 rings (SSSR count). The molecule has 0 aliphatic rings. The van der Waals surface area contributed by atoms with E-state index in [-0.39, 0.29) is 11.6 Å². The van der Waals surface area contributed by atoms with Gasteiger partial charge in [-0.05, 0) is 30.0 Å². The molecule has 0 amide bonds. The summed E-state index contributed by atoms with van der Waals surface area (Å²) in [4.78, 5) is 19.5.